The Balaban J connectivity index is 1.82. The van der Waals surface area contributed by atoms with Gasteiger partial charge in [0.15, 0.2) is 5.65 Å². The Morgan fingerprint density at radius 3 is 3.00 bits per heavy atom. The highest BCUT2D eigenvalue weighted by Crippen LogP contribution is 2.27. The molecule has 0 spiro atoms. The molecule has 3 heterocycles. The van der Waals surface area contributed by atoms with Gasteiger partial charge in [0.2, 0.25) is 0 Å². The molecule has 1 aliphatic rings. The van der Waals surface area contributed by atoms with Crippen LogP contribution in [0.2, 0.25) is 0 Å². The summed E-state index contributed by atoms with van der Waals surface area (Å²) in [5.74, 6) is 0. The molecular formula is C15H22N4O. The summed E-state index contributed by atoms with van der Waals surface area (Å²) in [6.45, 7) is 7.12. The number of aryl methyl sites for hydroxylation is 2. The SMILES string of the molecule is Cc1nn(C)c2ncc(NC3CCOC(C)(C)C3)cc12. The second kappa shape index (κ2) is 4.74. The van der Waals surface area contributed by atoms with Crippen LogP contribution < -0.4 is 5.32 Å². The van der Waals surface area contributed by atoms with Crippen molar-refractivity contribution < 1.29 is 4.74 Å². The normalized spacial score (nSPS) is 22.1. The van der Waals surface area contributed by atoms with Crippen LogP contribution in [0.15, 0.2) is 12.3 Å². The van der Waals surface area contributed by atoms with E-state index in [1.165, 1.54) is 0 Å². The summed E-state index contributed by atoms with van der Waals surface area (Å²) < 4.78 is 7.58. The molecule has 0 saturated carbocycles. The van der Waals surface area contributed by atoms with Crippen LogP contribution in [0.4, 0.5) is 5.69 Å². The number of nitrogens with one attached hydrogen (secondary N) is 1. The van der Waals surface area contributed by atoms with Gasteiger partial charge in [-0.05, 0) is 39.7 Å². The van der Waals surface area contributed by atoms with Crippen LogP contribution in [0.5, 0.6) is 0 Å². The van der Waals surface area contributed by atoms with E-state index in [1.54, 1.807) is 0 Å². The smallest absolute Gasteiger partial charge is 0.157 e. The van der Waals surface area contributed by atoms with Crippen molar-refractivity contribution in [3.8, 4) is 0 Å². The van der Waals surface area contributed by atoms with E-state index in [4.69, 9.17) is 4.74 Å². The molecule has 0 radical (unpaired) electrons. The Hall–Kier alpha value is -1.62. The van der Waals surface area contributed by atoms with E-state index in [0.717, 1.165) is 41.9 Å². The summed E-state index contributed by atoms with van der Waals surface area (Å²) in [4.78, 5) is 4.51. The molecule has 1 saturated heterocycles. The van der Waals surface area contributed by atoms with E-state index in [2.05, 4.69) is 35.3 Å². The fourth-order valence-corrected chi connectivity index (χ4v) is 2.98. The minimum atomic E-state index is -0.0440. The van der Waals surface area contributed by atoms with E-state index in [9.17, 15) is 0 Å². The minimum Gasteiger partial charge on any atom is -0.381 e. The lowest BCUT2D eigenvalue weighted by atomic mass is 9.94. The maximum Gasteiger partial charge on any atom is 0.157 e. The summed E-state index contributed by atoms with van der Waals surface area (Å²) in [6, 6.07) is 2.59. The molecule has 0 aromatic carbocycles. The molecule has 5 nitrogen and oxygen atoms in total. The number of hydrogen-bond acceptors (Lipinski definition) is 4. The number of ether oxygens (including phenoxy) is 1. The molecule has 1 aliphatic heterocycles. The van der Waals surface area contributed by atoms with Crippen LogP contribution in [0.1, 0.15) is 32.4 Å². The van der Waals surface area contributed by atoms with Crippen LogP contribution in [0, 0.1) is 6.92 Å². The Kier molecular flexibility index (Phi) is 3.17. The van der Waals surface area contributed by atoms with Crippen molar-refractivity contribution in [3.63, 3.8) is 0 Å². The summed E-state index contributed by atoms with van der Waals surface area (Å²) in [5.41, 5.74) is 2.97. The van der Waals surface area contributed by atoms with Gasteiger partial charge >= 0.3 is 0 Å². The highest BCUT2D eigenvalue weighted by atomic mass is 16.5. The predicted octanol–water partition coefficient (Wildman–Crippen LogP) is 2.65. The van der Waals surface area contributed by atoms with Crippen molar-refractivity contribution >= 4 is 16.7 Å². The van der Waals surface area contributed by atoms with Gasteiger partial charge in [-0.2, -0.15) is 5.10 Å². The third-order valence-electron chi connectivity index (χ3n) is 3.93. The zero-order valence-corrected chi connectivity index (χ0v) is 12.6. The molecule has 1 unspecified atom stereocenters. The van der Waals surface area contributed by atoms with Gasteiger partial charge in [0.1, 0.15) is 0 Å². The lowest BCUT2D eigenvalue weighted by molar-refractivity contribution is -0.0553. The van der Waals surface area contributed by atoms with E-state index in [0.29, 0.717) is 6.04 Å². The number of hydrogen-bond donors (Lipinski definition) is 1. The first-order valence-corrected chi connectivity index (χ1v) is 7.14. The van der Waals surface area contributed by atoms with Gasteiger partial charge < -0.3 is 10.1 Å². The third-order valence-corrected chi connectivity index (χ3v) is 3.93. The van der Waals surface area contributed by atoms with Crippen molar-refractivity contribution in [2.24, 2.45) is 7.05 Å². The Bertz CT molecular complexity index is 632. The first-order valence-electron chi connectivity index (χ1n) is 7.14. The van der Waals surface area contributed by atoms with E-state index < -0.39 is 0 Å². The minimum absolute atomic E-state index is 0.0440. The lowest BCUT2D eigenvalue weighted by Crippen LogP contribution is -2.40. The van der Waals surface area contributed by atoms with Crippen LogP contribution >= 0.6 is 0 Å². The fraction of sp³-hybridized carbons (Fsp3) is 0.600. The highest BCUT2D eigenvalue weighted by molar-refractivity contribution is 5.81. The van der Waals surface area contributed by atoms with Crippen molar-refractivity contribution in [2.45, 2.75) is 45.3 Å². The second-order valence-corrected chi connectivity index (χ2v) is 6.25. The molecule has 1 fully saturated rings. The number of pyridine rings is 1. The number of anilines is 1. The first-order chi connectivity index (χ1) is 9.44. The van der Waals surface area contributed by atoms with Gasteiger partial charge in [-0.25, -0.2) is 4.98 Å². The van der Waals surface area contributed by atoms with Gasteiger partial charge in [0.25, 0.3) is 0 Å². The Labute approximate surface area is 119 Å². The van der Waals surface area contributed by atoms with Crippen molar-refractivity contribution in [1.82, 2.24) is 14.8 Å². The van der Waals surface area contributed by atoms with Gasteiger partial charge in [-0.3, -0.25) is 4.68 Å². The number of rotatable bonds is 2. The molecule has 2 aromatic rings. The maximum atomic E-state index is 5.76. The summed E-state index contributed by atoms with van der Waals surface area (Å²) in [5, 5.41) is 9.11. The number of aromatic nitrogens is 3. The predicted molar refractivity (Wildman–Crippen MR) is 79.9 cm³/mol. The number of nitrogens with zero attached hydrogens (tertiary/aromatic N) is 3. The summed E-state index contributed by atoms with van der Waals surface area (Å²) >= 11 is 0. The summed E-state index contributed by atoms with van der Waals surface area (Å²) in [6.07, 6.45) is 3.94. The molecule has 1 N–H and O–H groups in total. The molecule has 5 heteroatoms. The van der Waals surface area contributed by atoms with Crippen LogP contribution in [-0.2, 0) is 11.8 Å². The third kappa shape index (κ3) is 2.50. The topological polar surface area (TPSA) is 52.0 Å². The average molecular weight is 274 g/mol. The Morgan fingerprint density at radius 1 is 1.45 bits per heavy atom. The molecule has 2 aromatic heterocycles. The van der Waals surface area contributed by atoms with Gasteiger partial charge in [-0.1, -0.05) is 0 Å². The molecule has 3 rings (SSSR count). The van der Waals surface area contributed by atoms with E-state index in [1.807, 2.05) is 24.9 Å². The maximum absolute atomic E-state index is 5.76. The largest absolute Gasteiger partial charge is 0.381 e. The molecular weight excluding hydrogens is 252 g/mol. The van der Waals surface area contributed by atoms with Gasteiger partial charge in [0.05, 0.1) is 23.2 Å². The lowest BCUT2D eigenvalue weighted by Gasteiger charge is -2.36. The number of fused-ring (bicyclic) bond motifs is 1. The van der Waals surface area contributed by atoms with Crippen molar-refractivity contribution in [2.75, 3.05) is 11.9 Å². The van der Waals surface area contributed by atoms with Crippen molar-refractivity contribution in [1.29, 1.82) is 0 Å². The van der Waals surface area contributed by atoms with Crippen molar-refractivity contribution in [3.05, 3.63) is 18.0 Å². The molecule has 108 valence electrons. The quantitative estimate of drug-likeness (QED) is 0.914. The monoisotopic (exact) mass is 274 g/mol. The van der Waals surface area contributed by atoms with Gasteiger partial charge in [-0.15, -0.1) is 0 Å². The highest BCUT2D eigenvalue weighted by Gasteiger charge is 2.28. The van der Waals surface area contributed by atoms with Gasteiger partial charge in [0, 0.05) is 25.1 Å². The fourth-order valence-electron chi connectivity index (χ4n) is 2.98. The standard InChI is InChI=1S/C15H22N4O/c1-10-13-7-12(9-16-14(13)19(4)18-10)17-11-5-6-20-15(2,3)8-11/h7,9,11,17H,5-6,8H2,1-4H3. The Morgan fingerprint density at radius 2 is 2.25 bits per heavy atom. The first kappa shape index (κ1) is 13.4. The molecule has 1 atom stereocenters. The van der Waals surface area contributed by atoms with Crippen LogP contribution in [0.25, 0.3) is 11.0 Å². The van der Waals surface area contributed by atoms with E-state index >= 15 is 0 Å². The molecule has 20 heavy (non-hydrogen) atoms. The molecule has 0 bridgehead atoms. The molecule has 0 amide bonds. The average Bonchev–Trinajstić information content (AvgIpc) is 2.63. The van der Waals surface area contributed by atoms with Crippen LogP contribution in [0.3, 0.4) is 0 Å². The van der Waals surface area contributed by atoms with Crippen LogP contribution in [-0.4, -0.2) is 33.0 Å². The zero-order valence-electron chi connectivity index (χ0n) is 12.6. The second-order valence-electron chi connectivity index (χ2n) is 6.25. The molecule has 0 aliphatic carbocycles. The van der Waals surface area contributed by atoms with E-state index in [-0.39, 0.29) is 5.60 Å². The zero-order chi connectivity index (χ0) is 14.3. The summed E-state index contributed by atoms with van der Waals surface area (Å²) in [7, 11) is 1.93.